The summed E-state index contributed by atoms with van der Waals surface area (Å²) in [7, 11) is 7.17. The highest BCUT2D eigenvalue weighted by atomic mass is 33.1. The Labute approximate surface area is 181 Å². The van der Waals surface area contributed by atoms with Crippen LogP contribution in [0.25, 0.3) is 0 Å². The highest BCUT2D eigenvalue weighted by molar-refractivity contribution is 8.76. The van der Waals surface area contributed by atoms with Gasteiger partial charge in [-0.25, -0.2) is 0 Å². The van der Waals surface area contributed by atoms with Crippen LogP contribution in [-0.4, -0.2) is 79.7 Å². The van der Waals surface area contributed by atoms with E-state index >= 15 is 0 Å². The third kappa shape index (κ3) is 9.81. The highest BCUT2D eigenvalue weighted by Gasteiger charge is 2.19. The van der Waals surface area contributed by atoms with Crippen LogP contribution in [0.5, 0.6) is 0 Å². The molecular weight excluding hydrogens is 431 g/mol. The van der Waals surface area contributed by atoms with Gasteiger partial charge < -0.3 is 29.3 Å². The Morgan fingerprint density at radius 2 is 1.83 bits per heavy atom. The first-order valence-corrected chi connectivity index (χ1v) is 13.2. The Kier molecular flexibility index (Phi) is 10.4. The number of anilines is 1. The van der Waals surface area contributed by atoms with Crippen molar-refractivity contribution >= 4 is 51.7 Å². The summed E-state index contributed by atoms with van der Waals surface area (Å²) in [5.74, 6) is 1.59. The van der Waals surface area contributed by atoms with Crippen molar-refractivity contribution in [2.75, 3.05) is 57.7 Å². The van der Waals surface area contributed by atoms with E-state index in [0.29, 0.717) is 41.7 Å². The van der Waals surface area contributed by atoms with Crippen molar-refractivity contribution in [2.45, 2.75) is 19.1 Å². The fourth-order valence-corrected chi connectivity index (χ4v) is 5.82. The Morgan fingerprint density at radius 1 is 1.21 bits per heavy atom. The summed E-state index contributed by atoms with van der Waals surface area (Å²) in [6, 6.07) is 6.78. The van der Waals surface area contributed by atoms with Crippen molar-refractivity contribution in [2.24, 2.45) is 0 Å². The summed E-state index contributed by atoms with van der Waals surface area (Å²) in [6.07, 6.45) is 1.21. The number of aliphatic hydroxyl groups is 1. The number of carbonyl (C=O) groups is 1. The number of nitrogens with zero attached hydrogens (tertiary/aromatic N) is 1. The van der Waals surface area contributed by atoms with Gasteiger partial charge in [0.2, 0.25) is 5.91 Å². The van der Waals surface area contributed by atoms with Crippen molar-refractivity contribution in [1.82, 2.24) is 0 Å². The molecule has 0 aromatic heterocycles. The minimum Gasteiger partial charge on any atom is -0.624 e. The molecule has 0 radical (unpaired) electrons. The maximum Gasteiger partial charge on any atom is 0.279 e. The first-order chi connectivity index (χ1) is 13.7. The quantitative estimate of drug-likeness (QED) is 0.225. The molecule has 0 saturated carbocycles. The number of quaternary nitrogens is 1. The number of carbonyl (C=O) groups excluding carboxylic acids is 1. The number of ether oxygens (including phenoxy) is 2. The van der Waals surface area contributed by atoms with Crippen molar-refractivity contribution in [3.8, 4) is 0 Å². The molecule has 1 heterocycles. The van der Waals surface area contributed by atoms with E-state index in [-0.39, 0.29) is 17.7 Å². The van der Waals surface area contributed by atoms with Crippen LogP contribution < -0.4 is 15.5 Å². The maximum absolute atomic E-state index is 12.4. The number of hydrogen-bond donors (Lipinski definition) is 2. The number of hydrogen-bond acceptors (Lipinski definition) is 6. The molecule has 162 valence electrons. The van der Waals surface area contributed by atoms with Gasteiger partial charge in [-0.05, 0) is 24.3 Å². The molecule has 1 unspecified atom stereocenters. The molecule has 1 atom stereocenters. The second kappa shape index (κ2) is 12.3. The van der Waals surface area contributed by atoms with Gasteiger partial charge in [0.05, 0.1) is 34.4 Å². The molecule has 2 rings (SSSR count). The summed E-state index contributed by atoms with van der Waals surface area (Å²) < 4.78 is 11.3. The molecule has 1 fully saturated rings. The standard InChI is InChI=1S/C19H29N2O5PS2/c1-21(2,3)14-18(23)27(24)16-6-4-15(5-7-16)20-17(22)8-12-28-29-13-9-19-25-10-11-26-19/h4-7,19H,8-14H2,1-3H3,(H-,20,22,23)/p+1. The van der Waals surface area contributed by atoms with Gasteiger partial charge in [0.1, 0.15) is 13.1 Å². The van der Waals surface area contributed by atoms with Crippen molar-refractivity contribution in [1.29, 1.82) is 0 Å². The molecule has 1 amide bonds. The van der Waals surface area contributed by atoms with E-state index in [0.717, 1.165) is 17.9 Å². The van der Waals surface area contributed by atoms with Gasteiger partial charge in [-0.3, -0.25) is 4.79 Å². The average Bonchev–Trinajstić information content (AvgIpc) is 3.16. The average molecular weight is 462 g/mol. The zero-order chi connectivity index (χ0) is 21.3. The number of nitrogens with one attached hydrogen (secondary N) is 1. The predicted molar refractivity (Wildman–Crippen MR) is 121 cm³/mol. The summed E-state index contributed by atoms with van der Waals surface area (Å²) in [6.45, 7) is 1.68. The topological polar surface area (TPSA) is 90.9 Å². The van der Waals surface area contributed by atoms with E-state index in [2.05, 4.69) is 5.32 Å². The van der Waals surface area contributed by atoms with Crippen molar-refractivity contribution in [3.05, 3.63) is 24.3 Å². The summed E-state index contributed by atoms with van der Waals surface area (Å²) >= 11 is 0. The largest absolute Gasteiger partial charge is 0.624 e. The van der Waals surface area contributed by atoms with Crippen LogP contribution in [-0.2, 0) is 14.3 Å². The fourth-order valence-electron chi connectivity index (χ4n) is 2.51. The van der Waals surface area contributed by atoms with Gasteiger partial charge in [0.25, 0.3) is 5.48 Å². The molecule has 2 N–H and O–H groups in total. The molecule has 7 nitrogen and oxygen atoms in total. The van der Waals surface area contributed by atoms with Gasteiger partial charge in [0, 0.05) is 30.0 Å². The molecule has 0 spiro atoms. The van der Waals surface area contributed by atoms with E-state index in [1.807, 2.05) is 21.1 Å². The molecule has 1 aliphatic rings. The Bertz CT molecular complexity index is 689. The maximum atomic E-state index is 12.4. The van der Waals surface area contributed by atoms with Crippen LogP contribution >= 0.6 is 29.4 Å². The predicted octanol–water partition coefficient (Wildman–Crippen LogP) is 1.75. The first-order valence-electron chi connectivity index (χ1n) is 9.44. The lowest BCUT2D eigenvalue weighted by molar-refractivity contribution is -0.861. The lowest BCUT2D eigenvalue weighted by atomic mass is 10.3. The third-order valence-electron chi connectivity index (χ3n) is 3.86. The number of amides is 1. The molecule has 1 aromatic carbocycles. The molecule has 0 aliphatic carbocycles. The minimum absolute atomic E-state index is 0.0233. The highest BCUT2D eigenvalue weighted by Crippen LogP contribution is 2.25. The first kappa shape index (κ1) is 24.6. The second-order valence-electron chi connectivity index (χ2n) is 7.61. The van der Waals surface area contributed by atoms with Gasteiger partial charge in [0.15, 0.2) is 12.8 Å². The number of likely N-dealkylation sites (N-methyl/N-ethyl adjacent to an activating group) is 1. The molecular formula is C19H30N2O5PS2+. The second-order valence-corrected chi connectivity index (χ2v) is 11.9. The third-order valence-corrected chi connectivity index (χ3v) is 7.68. The lowest BCUT2D eigenvalue weighted by Crippen LogP contribution is -2.40. The van der Waals surface area contributed by atoms with Crippen LogP contribution in [0, 0.1) is 0 Å². The van der Waals surface area contributed by atoms with Crippen LogP contribution in [0.3, 0.4) is 0 Å². The van der Waals surface area contributed by atoms with Gasteiger partial charge in [-0.2, -0.15) is 0 Å². The van der Waals surface area contributed by atoms with E-state index in [9.17, 15) is 14.8 Å². The number of aliphatic hydroxyl groups excluding tert-OH is 1. The van der Waals surface area contributed by atoms with E-state index in [1.165, 1.54) is 0 Å². The fraction of sp³-hybridized carbons (Fsp3) is 0.579. The van der Waals surface area contributed by atoms with Crippen molar-refractivity contribution < 1.29 is 28.8 Å². The van der Waals surface area contributed by atoms with Gasteiger partial charge in [-0.1, -0.05) is 21.6 Å². The Morgan fingerprint density at radius 3 is 2.45 bits per heavy atom. The van der Waals surface area contributed by atoms with Crippen LogP contribution in [0.1, 0.15) is 12.8 Å². The minimum atomic E-state index is -1.98. The number of rotatable bonds is 11. The summed E-state index contributed by atoms with van der Waals surface area (Å²) in [4.78, 5) is 24.5. The van der Waals surface area contributed by atoms with E-state index in [4.69, 9.17) is 9.47 Å². The zero-order valence-corrected chi connectivity index (χ0v) is 19.7. The smallest absolute Gasteiger partial charge is 0.279 e. The van der Waals surface area contributed by atoms with Crippen LogP contribution in [0.4, 0.5) is 5.69 Å². The lowest BCUT2D eigenvalue weighted by Gasteiger charge is -2.22. The van der Waals surface area contributed by atoms with Gasteiger partial charge >= 0.3 is 0 Å². The van der Waals surface area contributed by atoms with Crippen molar-refractivity contribution in [3.63, 3.8) is 0 Å². The summed E-state index contributed by atoms with van der Waals surface area (Å²) in [5, 5.41) is 13.5. The van der Waals surface area contributed by atoms with E-state index in [1.54, 1.807) is 45.9 Å². The Balaban J connectivity index is 1.69. The zero-order valence-electron chi connectivity index (χ0n) is 17.1. The monoisotopic (exact) mass is 461 g/mol. The normalized spacial score (nSPS) is 16.0. The molecule has 10 heteroatoms. The molecule has 0 bridgehead atoms. The molecule has 1 aliphatic heterocycles. The molecule has 1 saturated heterocycles. The summed E-state index contributed by atoms with van der Waals surface area (Å²) in [5.41, 5.74) is 0.631. The van der Waals surface area contributed by atoms with Gasteiger partial charge in [-0.15, -0.1) is 0 Å². The molecule has 29 heavy (non-hydrogen) atoms. The number of benzene rings is 1. The van der Waals surface area contributed by atoms with Crippen LogP contribution in [0.2, 0.25) is 0 Å². The van der Waals surface area contributed by atoms with E-state index < -0.39 is 7.77 Å². The SMILES string of the molecule is C[N+](C)(C)C/C(O)=[P+](\[O-])c1ccc(NC(=O)CCSSCCC2OCCO2)cc1. The Hall–Kier alpha value is -0.640. The molecule has 1 aromatic rings. The van der Waals surface area contributed by atoms with Crippen LogP contribution in [0.15, 0.2) is 24.3 Å².